The van der Waals surface area contributed by atoms with E-state index in [1.165, 1.54) is 12.8 Å². The molecule has 0 spiro atoms. The Hall–Kier alpha value is -1.19. The summed E-state index contributed by atoms with van der Waals surface area (Å²) in [4.78, 5) is 13.1. The zero-order valence-corrected chi connectivity index (χ0v) is 12.7. The summed E-state index contributed by atoms with van der Waals surface area (Å²) in [6.45, 7) is 1.97. The zero-order chi connectivity index (χ0) is 14.1. The normalized spacial score (nSPS) is 15.8. The summed E-state index contributed by atoms with van der Waals surface area (Å²) in [6.07, 6.45) is 6.39. The van der Waals surface area contributed by atoms with Crippen LogP contribution >= 0.6 is 23.2 Å². The van der Waals surface area contributed by atoms with Crippen LogP contribution in [0.25, 0.3) is 11.5 Å². The molecule has 1 fully saturated rings. The molecule has 0 amide bonds. The molecule has 1 aliphatic carbocycles. The van der Waals surface area contributed by atoms with Crippen molar-refractivity contribution in [1.29, 1.82) is 0 Å². The quantitative estimate of drug-likeness (QED) is 0.747. The van der Waals surface area contributed by atoms with E-state index in [-0.39, 0.29) is 0 Å². The molecule has 2 aromatic rings. The first-order chi connectivity index (χ1) is 9.66. The van der Waals surface area contributed by atoms with Crippen molar-refractivity contribution in [3.63, 3.8) is 0 Å². The monoisotopic (exact) mass is 307 g/mol. The zero-order valence-electron chi connectivity index (χ0n) is 11.2. The lowest BCUT2D eigenvalue weighted by atomic mass is 10.0. The van der Waals surface area contributed by atoms with E-state index in [0.29, 0.717) is 22.0 Å². The highest BCUT2D eigenvalue weighted by atomic mass is 35.5. The van der Waals surface area contributed by atoms with Gasteiger partial charge in [0.1, 0.15) is 16.0 Å². The average Bonchev–Trinajstić information content (AvgIpc) is 2.92. The molecule has 0 radical (unpaired) electrons. The van der Waals surface area contributed by atoms with Crippen LogP contribution in [0.5, 0.6) is 0 Å². The van der Waals surface area contributed by atoms with Crippen LogP contribution in [-0.2, 0) is 0 Å². The van der Waals surface area contributed by atoms with Gasteiger partial charge in [0.15, 0.2) is 5.82 Å². The molecule has 0 N–H and O–H groups in total. The Morgan fingerprint density at radius 2 is 1.75 bits per heavy atom. The van der Waals surface area contributed by atoms with E-state index in [2.05, 4.69) is 15.0 Å². The van der Waals surface area contributed by atoms with E-state index in [4.69, 9.17) is 23.2 Å². The topological polar surface area (TPSA) is 38.7 Å². The summed E-state index contributed by atoms with van der Waals surface area (Å²) in [5, 5.41) is 0.939. The van der Waals surface area contributed by atoms with Crippen LogP contribution in [-0.4, -0.2) is 15.0 Å². The number of halogens is 2. The molecule has 0 unspecified atom stereocenters. The summed E-state index contributed by atoms with van der Waals surface area (Å²) in [6, 6.07) is 3.85. The SMILES string of the molecule is Cc1cccnc1-c1nc(Cl)c(C2CCCC2)c(Cl)n1. The van der Waals surface area contributed by atoms with Gasteiger partial charge in [-0.1, -0.05) is 42.1 Å². The second-order valence-corrected chi connectivity index (χ2v) is 5.91. The van der Waals surface area contributed by atoms with Gasteiger partial charge in [-0.15, -0.1) is 0 Å². The Labute approximate surface area is 128 Å². The van der Waals surface area contributed by atoms with Gasteiger partial charge in [-0.2, -0.15) is 0 Å². The van der Waals surface area contributed by atoms with Crippen LogP contribution in [0.3, 0.4) is 0 Å². The highest BCUT2D eigenvalue weighted by Crippen LogP contribution is 2.40. The lowest BCUT2D eigenvalue weighted by Crippen LogP contribution is -2.03. The molecular formula is C15H15Cl2N3. The van der Waals surface area contributed by atoms with Gasteiger partial charge in [0, 0.05) is 11.8 Å². The highest BCUT2D eigenvalue weighted by molar-refractivity contribution is 6.34. The number of pyridine rings is 1. The average molecular weight is 308 g/mol. The molecule has 5 heteroatoms. The predicted molar refractivity (Wildman–Crippen MR) is 81.2 cm³/mol. The molecule has 1 saturated carbocycles. The van der Waals surface area contributed by atoms with E-state index in [1.54, 1.807) is 6.20 Å². The lowest BCUT2D eigenvalue weighted by molar-refractivity contribution is 0.715. The largest absolute Gasteiger partial charge is 0.253 e. The van der Waals surface area contributed by atoms with Crippen molar-refractivity contribution in [2.45, 2.75) is 38.5 Å². The maximum Gasteiger partial charge on any atom is 0.181 e. The predicted octanol–water partition coefficient (Wildman–Crippen LogP) is 4.81. The summed E-state index contributed by atoms with van der Waals surface area (Å²) in [5.74, 6) is 0.897. The fraction of sp³-hybridized carbons (Fsp3) is 0.400. The number of aryl methyl sites for hydroxylation is 1. The molecule has 1 aliphatic rings. The first-order valence-corrected chi connectivity index (χ1v) is 7.57. The summed E-state index contributed by atoms with van der Waals surface area (Å²) >= 11 is 12.7. The van der Waals surface area contributed by atoms with Crippen molar-refractivity contribution in [3.05, 3.63) is 39.8 Å². The number of aromatic nitrogens is 3. The molecule has 0 bridgehead atoms. The fourth-order valence-corrected chi connectivity index (χ4v) is 3.49. The summed E-state index contributed by atoms with van der Waals surface area (Å²) in [5.41, 5.74) is 2.64. The van der Waals surface area contributed by atoms with Gasteiger partial charge in [0.05, 0.1) is 0 Å². The third kappa shape index (κ3) is 2.52. The molecule has 2 heterocycles. The van der Waals surface area contributed by atoms with Gasteiger partial charge in [0.2, 0.25) is 0 Å². The van der Waals surface area contributed by atoms with Crippen molar-refractivity contribution < 1.29 is 0 Å². The minimum atomic E-state index is 0.397. The molecule has 0 aliphatic heterocycles. The molecule has 3 nitrogen and oxygen atoms in total. The van der Waals surface area contributed by atoms with Crippen LogP contribution in [0.1, 0.15) is 42.7 Å². The summed E-state index contributed by atoms with van der Waals surface area (Å²) < 4.78 is 0. The fourth-order valence-electron chi connectivity index (χ4n) is 2.79. The van der Waals surface area contributed by atoms with Gasteiger partial charge < -0.3 is 0 Å². The van der Waals surface area contributed by atoms with E-state index < -0.39 is 0 Å². The third-order valence-electron chi connectivity index (χ3n) is 3.84. The van der Waals surface area contributed by atoms with Gasteiger partial charge in [0.25, 0.3) is 0 Å². The Kier molecular flexibility index (Phi) is 3.90. The van der Waals surface area contributed by atoms with Gasteiger partial charge in [-0.3, -0.25) is 4.98 Å². The standard InChI is InChI=1S/C15H15Cl2N3/c1-9-5-4-8-18-12(9)15-19-13(16)11(14(17)20-15)10-6-2-3-7-10/h4-5,8,10H,2-3,6-7H2,1H3. The van der Waals surface area contributed by atoms with E-state index in [9.17, 15) is 0 Å². The van der Waals surface area contributed by atoms with Crippen molar-refractivity contribution in [3.8, 4) is 11.5 Å². The Morgan fingerprint density at radius 3 is 2.35 bits per heavy atom. The molecular weight excluding hydrogens is 293 g/mol. The molecule has 0 aromatic carbocycles. The summed E-state index contributed by atoms with van der Waals surface area (Å²) in [7, 11) is 0. The maximum absolute atomic E-state index is 6.35. The molecule has 0 atom stereocenters. The minimum Gasteiger partial charge on any atom is -0.253 e. The van der Waals surface area contributed by atoms with Gasteiger partial charge in [-0.25, -0.2) is 9.97 Å². The second-order valence-electron chi connectivity index (χ2n) is 5.19. The molecule has 20 heavy (non-hydrogen) atoms. The molecule has 0 saturated heterocycles. The van der Waals surface area contributed by atoms with Gasteiger partial charge in [-0.05, 0) is 37.3 Å². The van der Waals surface area contributed by atoms with Crippen LogP contribution in [0.4, 0.5) is 0 Å². The van der Waals surface area contributed by atoms with Crippen molar-refractivity contribution in [2.75, 3.05) is 0 Å². The first-order valence-electron chi connectivity index (χ1n) is 6.81. The molecule has 3 rings (SSSR count). The van der Waals surface area contributed by atoms with Crippen molar-refractivity contribution in [2.24, 2.45) is 0 Å². The number of hydrogen-bond donors (Lipinski definition) is 0. The smallest absolute Gasteiger partial charge is 0.181 e. The van der Waals surface area contributed by atoms with E-state index in [0.717, 1.165) is 29.7 Å². The Bertz CT molecular complexity index is 614. The van der Waals surface area contributed by atoms with Gasteiger partial charge >= 0.3 is 0 Å². The third-order valence-corrected chi connectivity index (χ3v) is 4.41. The van der Waals surface area contributed by atoms with Crippen LogP contribution in [0, 0.1) is 6.92 Å². The van der Waals surface area contributed by atoms with E-state index >= 15 is 0 Å². The lowest BCUT2D eigenvalue weighted by Gasteiger charge is -2.14. The van der Waals surface area contributed by atoms with Crippen molar-refractivity contribution >= 4 is 23.2 Å². The number of rotatable bonds is 2. The van der Waals surface area contributed by atoms with Crippen molar-refractivity contribution in [1.82, 2.24) is 15.0 Å². The minimum absolute atomic E-state index is 0.397. The van der Waals surface area contributed by atoms with Crippen LogP contribution in [0.2, 0.25) is 10.3 Å². The number of nitrogens with zero attached hydrogens (tertiary/aromatic N) is 3. The Morgan fingerprint density at radius 1 is 1.10 bits per heavy atom. The van der Waals surface area contributed by atoms with Crippen LogP contribution in [0.15, 0.2) is 18.3 Å². The molecule has 104 valence electrons. The second kappa shape index (κ2) is 5.66. The Balaban J connectivity index is 2.06. The number of hydrogen-bond acceptors (Lipinski definition) is 3. The highest BCUT2D eigenvalue weighted by Gasteiger charge is 2.25. The maximum atomic E-state index is 6.35. The first kappa shape index (κ1) is 13.8. The van der Waals surface area contributed by atoms with Crippen LogP contribution < -0.4 is 0 Å². The van der Waals surface area contributed by atoms with E-state index in [1.807, 2.05) is 19.1 Å². The molecule has 2 aromatic heterocycles.